The Morgan fingerprint density at radius 1 is 1.15 bits per heavy atom. The van der Waals surface area contributed by atoms with Gasteiger partial charge in [-0.1, -0.05) is 18.2 Å². The maximum absolute atomic E-state index is 13.1. The quantitative estimate of drug-likeness (QED) is 0.830. The third kappa shape index (κ3) is 4.34. The second kappa shape index (κ2) is 8.06. The van der Waals surface area contributed by atoms with E-state index in [-0.39, 0.29) is 23.6 Å². The van der Waals surface area contributed by atoms with Crippen LogP contribution in [0.4, 0.5) is 4.39 Å². The van der Waals surface area contributed by atoms with Gasteiger partial charge in [-0.3, -0.25) is 4.90 Å². The van der Waals surface area contributed by atoms with Crippen LogP contribution < -0.4 is 4.74 Å². The van der Waals surface area contributed by atoms with Crippen LogP contribution in [0.15, 0.2) is 42.5 Å². The summed E-state index contributed by atoms with van der Waals surface area (Å²) in [6, 6.07) is 12.0. The summed E-state index contributed by atoms with van der Waals surface area (Å²) >= 11 is 0. The van der Waals surface area contributed by atoms with E-state index < -0.39 is 0 Å². The first kappa shape index (κ1) is 18.7. The van der Waals surface area contributed by atoms with Crippen LogP contribution >= 0.6 is 0 Å². The number of aliphatic hydroxyl groups excluding tert-OH is 1. The summed E-state index contributed by atoms with van der Waals surface area (Å²) in [5.74, 6) is 0.367. The predicted octanol–water partition coefficient (Wildman–Crippen LogP) is 3.36. The molecular formula is C21H26FNO3. The number of phenols is 1. The molecule has 1 unspecified atom stereocenters. The van der Waals surface area contributed by atoms with Crippen molar-refractivity contribution in [1.29, 1.82) is 0 Å². The molecule has 3 rings (SSSR count). The van der Waals surface area contributed by atoms with Crippen molar-refractivity contribution in [2.75, 3.05) is 26.8 Å². The van der Waals surface area contributed by atoms with Crippen LogP contribution in [0.3, 0.4) is 0 Å². The number of rotatable bonds is 6. The summed E-state index contributed by atoms with van der Waals surface area (Å²) in [5, 5.41) is 20.1. The number of nitrogens with zero attached hydrogens (tertiary/aromatic N) is 1. The van der Waals surface area contributed by atoms with Crippen LogP contribution in [-0.2, 0) is 13.0 Å². The fourth-order valence-electron chi connectivity index (χ4n) is 3.90. The number of hydrogen-bond acceptors (Lipinski definition) is 4. The van der Waals surface area contributed by atoms with E-state index in [2.05, 4.69) is 4.90 Å². The molecule has 2 N–H and O–H groups in total. The summed E-state index contributed by atoms with van der Waals surface area (Å²) in [7, 11) is 1.53. The van der Waals surface area contributed by atoms with Gasteiger partial charge < -0.3 is 14.9 Å². The highest BCUT2D eigenvalue weighted by Gasteiger charge is 2.35. The highest BCUT2D eigenvalue weighted by Crippen LogP contribution is 2.35. The summed E-state index contributed by atoms with van der Waals surface area (Å²) in [6.07, 6.45) is 2.68. The summed E-state index contributed by atoms with van der Waals surface area (Å²) < 4.78 is 18.2. The van der Waals surface area contributed by atoms with Crippen LogP contribution in [0, 0.1) is 11.2 Å². The standard InChI is InChI=1S/C21H26FNO3/c1-26-20-8-5-17(11-19(20)25)13-23-10-2-9-21(14-23,15-24)12-16-3-6-18(22)7-4-16/h3-8,11,24-25H,2,9-10,12-15H2,1H3. The molecule has 0 amide bonds. The van der Waals surface area contributed by atoms with E-state index in [1.165, 1.54) is 19.2 Å². The number of likely N-dealkylation sites (tertiary alicyclic amines) is 1. The maximum atomic E-state index is 13.1. The number of ether oxygens (including phenoxy) is 1. The molecule has 0 bridgehead atoms. The Labute approximate surface area is 153 Å². The number of phenolic OH excluding ortho intramolecular Hbond substituents is 1. The third-order valence-electron chi connectivity index (χ3n) is 5.22. The number of halogens is 1. The lowest BCUT2D eigenvalue weighted by Crippen LogP contribution is -2.46. The van der Waals surface area contributed by atoms with Crippen LogP contribution in [-0.4, -0.2) is 41.9 Å². The molecule has 1 aliphatic rings. The Balaban J connectivity index is 1.70. The second-order valence-electron chi connectivity index (χ2n) is 7.28. The SMILES string of the molecule is COc1ccc(CN2CCCC(CO)(Cc3ccc(F)cc3)C2)cc1O. The van der Waals surface area contributed by atoms with E-state index in [4.69, 9.17) is 4.74 Å². The molecule has 4 nitrogen and oxygen atoms in total. The molecule has 0 radical (unpaired) electrons. The molecule has 1 saturated heterocycles. The van der Waals surface area contributed by atoms with E-state index in [0.717, 1.165) is 43.5 Å². The molecule has 140 valence electrons. The van der Waals surface area contributed by atoms with Gasteiger partial charge in [0.2, 0.25) is 0 Å². The zero-order valence-electron chi connectivity index (χ0n) is 15.1. The number of methoxy groups -OCH3 is 1. The van der Waals surface area contributed by atoms with Gasteiger partial charge in [0, 0.05) is 18.5 Å². The van der Waals surface area contributed by atoms with E-state index >= 15 is 0 Å². The number of benzene rings is 2. The van der Waals surface area contributed by atoms with E-state index in [1.54, 1.807) is 24.3 Å². The number of aliphatic hydroxyl groups is 1. The van der Waals surface area contributed by atoms with Crippen LogP contribution in [0.1, 0.15) is 24.0 Å². The van der Waals surface area contributed by atoms with Gasteiger partial charge in [0.15, 0.2) is 11.5 Å². The monoisotopic (exact) mass is 359 g/mol. The van der Waals surface area contributed by atoms with E-state index in [0.29, 0.717) is 12.3 Å². The molecule has 1 fully saturated rings. The first-order valence-corrected chi connectivity index (χ1v) is 8.97. The smallest absolute Gasteiger partial charge is 0.160 e. The van der Waals surface area contributed by atoms with Crippen LogP contribution in [0.5, 0.6) is 11.5 Å². The van der Waals surface area contributed by atoms with Crippen LogP contribution in [0.2, 0.25) is 0 Å². The molecule has 5 heteroatoms. The minimum absolute atomic E-state index is 0.106. The van der Waals surface area contributed by atoms with Crippen molar-refractivity contribution in [1.82, 2.24) is 4.90 Å². The van der Waals surface area contributed by atoms with Crippen LogP contribution in [0.25, 0.3) is 0 Å². The van der Waals surface area contributed by atoms with Crippen molar-refractivity contribution < 1.29 is 19.3 Å². The summed E-state index contributed by atoms with van der Waals surface area (Å²) in [6.45, 7) is 2.54. The zero-order valence-corrected chi connectivity index (χ0v) is 15.1. The summed E-state index contributed by atoms with van der Waals surface area (Å²) in [4.78, 5) is 2.31. The fraction of sp³-hybridized carbons (Fsp3) is 0.429. The topological polar surface area (TPSA) is 52.9 Å². The van der Waals surface area contributed by atoms with Gasteiger partial charge in [0.1, 0.15) is 5.82 Å². The average molecular weight is 359 g/mol. The van der Waals surface area contributed by atoms with Gasteiger partial charge in [0.05, 0.1) is 13.7 Å². The van der Waals surface area contributed by atoms with Crippen molar-refractivity contribution in [3.8, 4) is 11.5 Å². The highest BCUT2D eigenvalue weighted by molar-refractivity contribution is 5.41. The van der Waals surface area contributed by atoms with Gasteiger partial charge in [-0.05, 0) is 61.2 Å². The summed E-state index contributed by atoms with van der Waals surface area (Å²) in [5.41, 5.74) is 1.84. The van der Waals surface area contributed by atoms with Crippen molar-refractivity contribution >= 4 is 0 Å². The average Bonchev–Trinajstić information content (AvgIpc) is 2.64. The predicted molar refractivity (Wildman–Crippen MR) is 98.8 cm³/mol. The Kier molecular flexibility index (Phi) is 5.79. The minimum Gasteiger partial charge on any atom is -0.504 e. The Morgan fingerprint density at radius 2 is 1.88 bits per heavy atom. The molecule has 0 spiro atoms. The number of hydrogen-bond donors (Lipinski definition) is 2. The lowest BCUT2D eigenvalue weighted by atomic mass is 9.75. The van der Waals surface area contributed by atoms with Gasteiger partial charge in [-0.2, -0.15) is 0 Å². The van der Waals surface area contributed by atoms with Gasteiger partial charge in [-0.15, -0.1) is 0 Å². The van der Waals surface area contributed by atoms with Crippen molar-refractivity contribution in [3.63, 3.8) is 0 Å². The molecular weight excluding hydrogens is 333 g/mol. The van der Waals surface area contributed by atoms with Crippen molar-refractivity contribution in [2.45, 2.75) is 25.8 Å². The largest absolute Gasteiger partial charge is 0.504 e. The zero-order chi connectivity index (χ0) is 18.6. The molecule has 1 heterocycles. The minimum atomic E-state index is -0.239. The molecule has 2 aromatic rings. The molecule has 0 saturated carbocycles. The number of piperidine rings is 1. The van der Waals surface area contributed by atoms with E-state index in [9.17, 15) is 14.6 Å². The fourth-order valence-corrected chi connectivity index (χ4v) is 3.90. The Bertz CT molecular complexity index is 735. The van der Waals surface area contributed by atoms with E-state index in [1.807, 2.05) is 6.07 Å². The third-order valence-corrected chi connectivity index (χ3v) is 5.22. The molecule has 0 aliphatic carbocycles. The second-order valence-corrected chi connectivity index (χ2v) is 7.28. The molecule has 26 heavy (non-hydrogen) atoms. The lowest BCUT2D eigenvalue weighted by Gasteiger charge is -2.42. The Hall–Kier alpha value is -2.11. The van der Waals surface area contributed by atoms with Gasteiger partial charge in [0.25, 0.3) is 0 Å². The molecule has 1 atom stereocenters. The molecule has 1 aliphatic heterocycles. The van der Waals surface area contributed by atoms with Crippen molar-refractivity contribution in [3.05, 3.63) is 59.4 Å². The molecule has 0 aromatic heterocycles. The highest BCUT2D eigenvalue weighted by atomic mass is 19.1. The molecule has 2 aromatic carbocycles. The first-order chi connectivity index (χ1) is 12.5. The normalized spacial score (nSPS) is 20.9. The van der Waals surface area contributed by atoms with Gasteiger partial charge in [-0.25, -0.2) is 4.39 Å². The first-order valence-electron chi connectivity index (χ1n) is 8.97. The Morgan fingerprint density at radius 3 is 2.54 bits per heavy atom. The lowest BCUT2D eigenvalue weighted by molar-refractivity contribution is 0.0288. The van der Waals surface area contributed by atoms with Gasteiger partial charge >= 0.3 is 0 Å². The maximum Gasteiger partial charge on any atom is 0.160 e. The number of aromatic hydroxyl groups is 1. The van der Waals surface area contributed by atoms with Crippen molar-refractivity contribution in [2.24, 2.45) is 5.41 Å².